The maximum absolute atomic E-state index is 10.2. The summed E-state index contributed by atoms with van der Waals surface area (Å²) in [6.45, 7) is 0.338. The molecule has 21 heavy (non-hydrogen) atoms. The van der Waals surface area contributed by atoms with Crippen LogP contribution < -0.4 is 0 Å². The fourth-order valence-corrected chi connectivity index (χ4v) is 2.28. The molecule has 0 radical (unpaired) electrons. The van der Waals surface area contributed by atoms with E-state index in [1.54, 1.807) is 6.08 Å². The van der Waals surface area contributed by atoms with Crippen LogP contribution in [0.1, 0.15) is 77.0 Å². The molecule has 0 atom stereocenters. The number of aliphatic hydroxyl groups excluding tert-OH is 1. The Balaban J connectivity index is 3.10. The third kappa shape index (κ3) is 18.9. The lowest BCUT2D eigenvalue weighted by Gasteiger charge is -2.02. The molecule has 0 aromatic rings. The van der Waals surface area contributed by atoms with Crippen LogP contribution in [0.5, 0.6) is 0 Å². The van der Waals surface area contributed by atoms with Gasteiger partial charge in [-0.2, -0.15) is 0 Å². The second-order valence-electron chi connectivity index (χ2n) is 5.53. The van der Waals surface area contributed by atoms with Crippen molar-refractivity contribution >= 4 is 5.97 Å². The Bertz CT molecular complexity index is 282. The number of aliphatic carboxylic acids is 1. The van der Waals surface area contributed by atoms with Crippen LogP contribution in [0.4, 0.5) is 0 Å². The van der Waals surface area contributed by atoms with Crippen molar-refractivity contribution in [2.24, 2.45) is 0 Å². The topological polar surface area (TPSA) is 57.5 Å². The fourth-order valence-electron chi connectivity index (χ4n) is 2.28. The van der Waals surface area contributed by atoms with Crippen LogP contribution in [-0.4, -0.2) is 22.8 Å². The second kappa shape index (κ2) is 17.0. The summed E-state index contributed by atoms with van der Waals surface area (Å²) in [7, 11) is 0. The Kier molecular flexibility index (Phi) is 16.1. The van der Waals surface area contributed by atoms with E-state index in [0.717, 1.165) is 18.9 Å². The van der Waals surface area contributed by atoms with Crippen molar-refractivity contribution in [2.75, 3.05) is 6.61 Å². The number of rotatable bonds is 15. The summed E-state index contributed by atoms with van der Waals surface area (Å²) in [5, 5.41) is 17.1. The van der Waals surface area contributed by atoms with Crippen LogP contribution in [0.25, 0.3) is 0 Å². The second-order valence-corrected chi connectivity index (χ2v) is 5.53. The summed E-state index contributed by atoms with van der Waals surface area (Å²) in [6, 6.07) is 0. The smallest absolute Gasteiger partial charge is 0.328 e. The molecule has 0 aromatic heterocycles. The van der Waals surface area contributed by atoms with E-state index in [1.807, 2.05) is 12.2 Å². The summed E-state index contributed by atoms with van der Waals surface area (Å²) in [4.78, 5) is 10.2. The van der Waals surface area contributed by atoms with E-state index in [-0.39, 0.29) is 0 Å². The molecule has 0 bridgehead atoms. The van der Waals surface area contributed by atoms with Crippen LogP contribution in [0.2, 0.25) is 0 Å². The van der Waals surface area contributed by atoms with Crippen molar-refractivity contribution in [1.29, 1.82) is 0 Å². The van der Waals surface area contributed by atoms with Gasteiger partial charge < -0.3 is 10.2 Å². The molecule has 122 valence electrons. The van der Waals surface area contributed by atoms with Gasteiger partial charge in [0.1, 0.15) is 0 Å². The van der Waals surface area contributed by atoms with Crippen molar-refractivity contribution < 1.29 is 15.0 Å². The zero-order valence-corrected chi connectivity index (χ0v) is 13.3. The van der Waals surface area contributed by atoms with Gasteiger partial charge in [0, 0.05) is 12.7 Å². The molecule has 0 spiro atoms. The molecular formula is C18H32O3. The first-order valence-electron chi connectivity index (χ1n) is 8.44. The highest BCUT2D eigenvalue weighted by Gasteiger charge is 1.93. The highest BCUT2D eigenvalue weighted by Crippen LogP contribution is 2.12. The number of carboxylic acids is 1. The minimum Gasteiger partial charge on any atom is -0.478 e. The molecule has 0 aliphatic heterocycles. The first kappa shape index (κ1) is 19.9. The van der Waals surface area contributed by atoms with Gasteiger partial charge in [-0.3, -0.25) is 0 Å². The zero-order valence-electron chi connectivity index (χ0n) is 13.3. The van der Waals surface area contributed by atoms with Gasteiger partial charge in [-0.05, 0) is 19.3 Å². The Morgan fingerprint density at radius 3 is 1.67 bits per heavy atom. The van der Waals surface area contributed by atoms with Crippen LogP contribution in [-0.2, 0) is 4.79 Å². The normalized spacial score (nSPS) is 11.7. The fraction of sp³-hybridized carbons (Fsp3) is 0.722. The van der Waals surface area contributed by atoms with Crippen molar-refractivity contribution in [3.63, 3.8) is 0 Å². The number of allylic oxidation sites excluding steroid dienone is 3. The highest BCUT2D eigenvalue weighted by molar-refractivity contribution is 5.80. The van der Waals surface area contributed by atoms with Crippen molar-refractivity contribution in [3.05, 3.63) is 24.3 Å². The lowest BCUT2D eigenvalue weighted by Crippen LogP contribution is -1.84. The maximum atomic E-state index is 10.2. The third-order valence-electron chi connectivity index (χ3n) is 3.51. The highest BCUT2D eigenvalue weighted by atomic mass is 16.4. The van der Waals surface area contributed by atoms with Gasteiger partial charge in [-0.25, -0.2) is 4.79 Å². The molecule has 0 saturated carbocycles. The Labute approximate surface area is 129 Å². The largest absolute Gasteiger partial charge is 0.478 e. The molecule has 0 aromatic carbocycles. The Hall–Kier alpha value is -1.09. The van der Waals surface area contributed by atoms with Crippen molar-refractivity contribution in [1.82, 2.24) is 0 Å². The number of aliphatic hydroxyl groups is 1. The number of carbonyl (C=O) groups is 1. The van der Waals surface area contributed by atoms with Crippen LogP contribution in [0, 0.1) is 0 Å². The van der Waals surface area contributed by atoms with E-state index in [2.05, 4.69) is 0 Å². The zero-order chi connectivity index (χ0) is 15.6. The molecule has 0 amide bonds. The van der Waals surface area contributed by atoms with Crippen molar-refractivity contribution in [3.8, 4) is 0 Å². The molecule has 0 saturated heterocycles. The number of hydrogen-bond acceptors (Lipinski definition) is 2. The Morgan fingerprint density at radius 2 is 1.19 bits per heavy atom. The molecule has 0 heterocycles. The molecule has 0 rings (SSSR count). The average Bonchev–Trinajstić information content (AvgIpc) is 2.46. The van der Waals surface area contributed by atoms with Gasteiger partial charge in [0.05, 0.1) is 0 Å². The van der Waals surface area contributed by atoms with Gasteiger partial charge in [0.2, 0.25) is 0 Å². The summed E-state index contributed by atoms with van der Waals surface area (Å²) in [6.07, 6.45) is 21.4. The van der Waals surface area contributed by atoms with Gasteiger partial charge in [0.15, 0.2) is 0 Å². The van der Waals surface area contributed by atoms with Crippen LogP contribution in [0.3, 0.4) is 0 Å². The monoisotopic (exact) mass is 296 g/mol. The van der Waals surface area contributed by atoms with E-state index in [0.29, 0.717) is 6.61 Å². The SMILES string of the molecule is O=C(O)/C=C/C=C/CCCCCCCCCCCCCO. The minimum atomic E-state index is -0.895. The van der Waals surface area contributed by atoms with Gasteiger partial charge in [-0.15, -0.1) is 0 Å². The summed E-state index contributed by atoms with van der Waals surface area (Å²) in [5.41, 5.74) is 0. The molecular weight excluding hydrogens is 264 g/mol. The molecule has 0 unspecified atom stereocenters. The summed E-state index contributed by atoms with van der Waals surface area (Å²) >= 11 is 0. The first-order valence-corrected chi connectivity index (χ1v) is 8.44. The molecule has 2 N–H and O–H groups in total. The predicted octanol–water partition coefficient (Wildman–Crippen LogP) is 4.86. The number of unbranched alkanes of at least 4 members (excludes halogenated alkanes) is 11. The van der Waals surface area contributed by atoms with Crippen LogP contribution in [0.15, 0.2) is 24.3 Å². The summed E-state index contributed by atoms with van der Waals surface area (Å²) < 4.78 is 0. The van der Waals surface area contributed by atoms with Gasteiger partial charge in [-0.1, -0.05) is 76.0 Å². The van der Waals surface area contributed by atoms with Crippen molar-refractivity contribution in [2.45, 2.75) is 77.0 Å². The molecule has 3 heteroatoms. The minimum absolute atomic E-state index is 0.338. The summed E-state index contributed by atoms with van der Waals surface area (Å²) in [5.74, 6) is -0.895. The standard InChI is InChI=1S/C18H32O3/c19-17-15-13-11-9-7-5-3-1-2-4-6-8-10-12-14-16-18(20)21/h10,12,14,16,19H,1-9,11,13,15,17H2,(H,20,21)/b12-10+,16-14+. The quantitative estimate of drug-likeness (QED) is 0.258. The maximum Gasteiger partial charge on any atom is 0.328 e. The lowest BCUT2D eigenvalue weighted by molar-refractivity contribution is -0.131. The first-order chi connectivity index (χ1) is 10.3. The lowest BCUT2D eigenvalue weighted by atomic mass is 10.1. The van der Waals surface area contributed by atoms with Gasteiger partial charge in [0.25, 0.3) is 0 Å². The molecule has 0 aliphatic rings. The van der Waals surface area contributed by atoms with E-state index in [1.165, 1.54) is 64.2 Å². The average molecular weight is 296 g/mol. The number of hydrogen-bond donors (Lipinski definition) is 2. The Morgan fingerprint density at radius 1 is 0.714 bits per heavy atom. The third-order valence-corrected chi connectivity index (χ3v) is 3.51. The molecule has 3 nitrogen and oxygen atoms in total. The van der Waals surface area contributed by atoms with Gasteiger partial charge >= 0.3 is 5.97 Å². The van der Waals surface area contributed by atoms with E-state index >= 15 is 0 Å². The van der Waals surface area contributed by atoms with E-state index < -0.39 is 5.97 Å². The molecule has 0 fully saturated rings. The van der Waals surface area contributed by atoms with Crippen LogP contribution >= 0.6 is 0 Å². The van der Waals surface area contributed by atoms with E-state index in [9.17, 15) is 4.79 Å². The number of carboxylic acid groups (broad SMARTS) is 1. The molecule has 0 aliphatic carbocycles. The predicted molar refractivity (Wildman–Crippen MR) is 88.4 cm³/mol. The van der Waals surface area contributed by atoms with E-state index in [4.69, 9.17) is 10.2 Å².